The van der Waals surface area contributed by atoms with E-state index in [1.54, 1.807) is 6.33 Å². The molecule has 0 aliphatic carbocycles. The SMILES string of the molecule is Cn1cnnc1CCNCc1ccc(Br)c(Cl)c1. The first-order valence-electron chi connectivity index (χ1n) is 5.64. The zero-order chi connectivity index (χ0) is 13.0. The summed E-state index contributed by atoms with van der Waals surface area (Å²) in [6.07, 6.45) is 2.57. The number of nitrogens with zero attached hydrogens (tertiary/aromatic N) is 3. The van der Waals surface area contributed by atoms with Gasteiger partial charge in [0.2, 0.25) is 0 Å². The molecule has 1 heterocycles. The maximum atomic E-state index is 6.03. The minimum atomic E-state index is 0.739. The highest BCUT2D eigenvalue weighted by atomic mass is 79.9. The lowest BCUT2D eigenvalue weighted by Crippen LogP contribution is -2.18. The van der Waals surface area contributed by atoms with Crippen molar-refractivity contribution < 1.29 is 0 Å². The van der Waals surface area contributed by atoms with Gasteiger partial charge in [0.25, 0.3) is 0 Å². The highest BCUT2D eigenvalue weighted by Crippen LogP contribution is 2.22. The van der Waals surface area contributed by atoms with Crippen LogP contribution in [-0.4, -0.2) is 21.3 Å². The Balaban J connectivity index is 1.78. The third-order valence-corrected chi connectivity index (χ3v) is 3.88. The fraction of sp³-hybridized carbons (Fsp3) is 0.333. The molecule has 0 saturated heterocycles. The Labute approximate surface area is 119 Å². The maximum absolute atomic E-state index is 6.03. The first kappa shape index (κ1) is 13.5. The number of hydrogen-bond acceptors (Lipinski definition) is 3. The van der Waals surface area contributed by atoms with Crippen molar-refractivity contribution in [1.29, 1.82) is 0 Å². The van der Waals surface area contributed by atoms with E-state index in [4.69, 9.17) is 11.6 Å². The molecular formula is C12H14BrClN4. The fourth-order valence-electron chi connectivity index (χ4n) is 1.62. The van der Waals surface area contributed by atoms with E-state index in [2.05, 4.69) is 31.4 Å². The average Bonchev–Trinajstić information content (AvgIpc) is 2.75. The Bertz CT molecular complexity index is 527. The molecule has 4 nitrogen and oxygen atoms in total. The van der Waals surface area contributed by atoms with E-state index in [-0.39, 0.29) is 0 Å². The summed E-state index contributed by atoms with van der Waals surface area (Å²) < 4.78 is 2.85. The summed E-state index contributed by atoms with van der Waals surface area (Å²) in [6.45, 7) is 1.66. The number of aromatic nitrogens is 3. The van der Waals surface area contributed by atoms with Crippen molar-refractivity contribution in [2.45, 2.75) is 13.0 Å². The van der Waals surface area contributed by atoms with Gasteiger partial charge in [0.05, 0.1) is 5.02 Å². The van der Waals surface area contributed by atoms with Gasteiger partial charge in [-0.05, 0) is 33.6 Å². The smallest absolute Gasteiger partial charge is 0.133 e. The van der Waals surface area contributed by atoms with Gasteiger partial charge in [-0.2, -0.15) is 0 Å². The largest absolute Gasteiger partial charge is 0.321 e. The van der Waals surface area contributed by atoms with Gasteiger partial charge in [-0.1, -0.05) is 17.7 Å². The second-order valence-electron chi connectivity index (χ2n) is 4.03. The molecule has 96 valence electrons. The molecule has 1 N–H and O–H groups in total. The number of hydrogen-bond donors (Lipinski definition) is 1. The molecule has 2 rings (SSSR count). The van der Waals surface area contributed by atoms with Gasteiger partial charge < -0.3 is 9.88 Å². The van der Waals surface area contributed by atoms with Gasteiger partial charge in [0.1, 0.15) is 12.2 Å². The van der Waals surface area contributed by atoms with Crippen LogP contribution in [-0.2, 0) is 20.0 Å². The van der Waals surface area contributed by atoms with Crippen molar-refractivity contribution >= 4 is 27.5 Å². The lowest BCUT2D eigenvalue weighted by molar-refractivity contribution is 0.654. The van der Waals surface area contributed by atoms with Crippen LogP contribution in [0.1, 0.15) is 11.4 Å². The van der Waals surface area contributed by atoms with Crippen LogP contribution in [0, 0.1) is 0 Å². The molecule has 0 radical (unpaired) electrons. The minimum absolute atomic E-state index is 0.739. The molecule has 1 aromatic heterocycles. The minimum Gasteiger partial charge on any atom is -0.321 e. The van der Waals surface area contributed by atoms with Crippen LogP contribution in [0.3, 0.4) is 0 Å². The van der Waals surface area contributed by atoms with Crippen LogP contribution in [0.25, 0.3) is 0 Å². The predicted octanol–water partition coefficient (Wildman–Crippen LogP) is 2.56. The third kappa shape index (κ3) is 3.54. The van der Waals surface area contributed by atoms with Crippen LogP contribution in [0.4, 0.5) is 0 Å². The lowest BCUT2D eigenvalue weighted by Gasteiger charge is -2.06. The fourth-order valence-corrected chi connectivity index (χ4v) is 2.07. The molecule has 6 heteroatoms. The Hall–Kier alpha value is -0.910. The first-order valence-corrected chi connectivity index (χ1v) is 6.81. The molecule has 0 saturated carbocycles. The van der Waals surface area contributed by atoms with E-state index in [9.17, 15) is 0 Å². The highest BCUT2D eigenvalue weighted by molar-refractivity contribution is 9.10. The second-order valence-corrected chi connectivity index (χ2v) is 5.29. The summed E-state index contributed by atoms with van der Waals surface area (Å²) >= 11 is 9.41. The summed E-state index contributed by atoms with van der Waals surface area (Å²) in [5.74, 6) is 0.983. The quantitative estimate of drug-likeness (QED) is 0.857. The molecule has 0 aliphatic rings. The van der Waals surface area contributed by atoms with E-state index in [0.29, 0.717) is 0 Å². The van der Waals surface area contributed by atoms with Gasteiger partial charge in [0.15, 0.2) is 0 Å². The molecule has 0 aliphatic heterocycles. The van der Waals surface area contributed by atoms with E-state index in [1.165, 1.54) is 5.56 Å². The molecular weight excluding hydrogens is 316 g/mol. The van der Waals surface area contributed by atoms with Crippen LogP contribution in [0.5, 0.6) is 0 Å². The molecule has 0 bridgehead atoms. The van der Waals surface area contributed by atoms with Crippen molar-refractivity contribution in [2.75, 3.05) is 6.54 Å². The van der Waals surface area contributed by atoms with Gasteiger partial charge in [0, 0.05) is 31.0 Å². The number of aryl methyl sites for hydroxylation is 1. The monoisotopic (exact) mass is 328 g/mol. The molecule has 1 aromatic carbocycles. The predicted molar refractivity (Wildman–Crippen MR) is 75.6 cm³/mol. The van der Waals surface area contributed by atoms with Gasteiger partial charge >= 0.3 is 0 Å². The average molecular weight is 330 g/mol. The summed E-state index contributed by atoms with van der Waals surface area (Å²) in [5, 5.41) is 12.0. The molecule has 0 fully saturated rings. The second kappa shape index (κ2) is 6.31. The van der Waals surface area contributed by atoms with Crippen molar-refractivity contribution in [1.82, 2.24) is 20.1 Å². The number of rotatable bonds is 5. The zero-order valence-corrected chi connectivity index (χ0v) is 12.4. The number of halogens is 2. The van der Waals surface area contributed by atoms with Gasteiger partial charge in [-0.25, -0.2) is 0 Å². The lowest BCUT2D eigenvalue weighted by atomic mass is 10.2. The van der Waals surface area contributed by atoms with Crippen LogP contribution in [0.15, 0.2) is 29.0 Å². The molecule has 0 unspecified atom stereocenters. The van der Waals surface area contributed by atoms with E-state index in [0.717, 1.165) is 34.8 Å². The Morgan fingerprint density at radius 1 is 1.44 bits per heavy atom. The molecule has 2 aromatic rings. The standard InChI is InChI=1S/C12H14BrClN4/c1-18-8-16-17-12(18)4-5-15-7-9-2-3-10(13)11(14)6-9/h2-3,6,8,15H,4-5,7H2,1H3. The maximum Gasteiger partial charge on any atom is 0.133 e. The third-order valence-electron chi connectivity index (χ3n) is 2.64. The van der Waals surface area contributed by atoms with E-state index in [1.807, 2.05) is 29.8 Å². The summed E-state index contributed by atoms with van der Waals surface area (Å²) in [4.78, 5) is 0. The molecule has 0 atom stereocenters. The summed E-state index contributed by atoms with van der Waals surface area (Å²) in [7, 11) is 1.95. The Morgan fingerprint density at radius 3 is 2.94 bits per heavy atom. The van der Waals surface area contributed by atoms with Crippen LogP contribution >= 0.6 is 27.5 Å². The Kier molecular flexibility index (Phi) is 4.74. The zero-order valence-electron chi connectivity index (χ0n) is 10.0. The van der Waals surface area contributed by atoms with Crippen molar-refractivity contribution in [3.8, 4) is 0 Å². The van der Waals surface area contributed by atoms with Crippen LogP contribution < -0.4 is 5.32 Å². The van der Waals surface area contributed by atoms with Gasteiger partial charge in [-0.15, -0.1) is 10.2 Å². The summed E-state index contributed by atoms with van der Waals surface area (Å²) in [6, 6.07) is 5.97. The normalized spacial score (nSPS) is 10.8. The first-order chi connectivity index (χ1) is 8.66. The highest BCUT2D eigenvalue weighted by Gasteiger charge is 2.01. The van der Waals surface area contributed by atoms with E-state index < -0.39 is 0 Å². The number of nitrogens with one attached hydrogen (secondary N) is 1. The molecule has 18 heavy (non-hydrogen) atoms. The van der Waals surface area contributed by atoms with Crippen molar-refractivity contribution in [3.05, 3.63) is 45.4 Å². The molecule has 0 amide bonds. The summed E-state index contributed by atoms with van der Waals surface area (Å²) in [5.41, 5.74) is 1.17. The Morgan fingerprint density at radius 2 is 2.28 bits per heavy atom. The van der Waals surface area contributed by atoms with Gasteiger partial charge in [-0.3, -0.25) is 0 Å². The topological polar surface area (TPSA) is 42.7 Å². The molecule has 0 spiro atoms. The van der Waals surface area contributed by atoms with Crippen molar-refractivity contribution in [3.63, 3.8) is 0 Å². The van der Waals surface area contributed by atoms with Crippen LogP contribution in [0.2, 0.25) is 5.02 Å². The van der Waals surface area contributed by atoms with E-state index >= 15 is 0 Å². The van der Waals surface area contributed by atoms with Crippen molar-refractivity contribution in [2.24, 2.45) is 7.05 Å². The number of benzene rings is 1.